The second kappa shape index (κ2) is 16.2. The molecule has 0 aliphatic heterocycles. The van der Waals surface area contributed by atoms with Crippen LogP contribution in [0.3, 0.4) is 0 Å². The Morgan fingerprint density at radius 1 is 0.800 bits per heavy atom. The predicted octanol–water partition coefficient (Wildman–Crippen LogP) is 6.35. The molecule has 0 aliphatic rings. The van der Waals surface area contributed by atoms with Crippen LogP contribution in [0.25, 0.3) is 0 Å². The minimum Gasteiger partial charge on any atom is -0.120 e. The van der Waals surface area contributed by atoms with Crippen LogP contribution in [0.15, 0.2) is 0 Å². The van der Waals surface area contributed by atoms with Crippen molar-refractivity contribution < 1.29 is 0 Å². The summed E-state index contributed by atoms with van der Waals surface area (Å²) in [6, 6.07) is 0. The highest BCUT2D eigenvalue weighted by molar-refractivity contribution is 5.02. The van der Waals surface area contributed by atoms with Crippen LogP contribution < -0.4 is 0 Å². The van der Waals surface area contributed by atoms with Crippen LogP contribution in [0, 0.1) is 30.1 Å². The summed E-state index contributed by atoms with van der Waals surface area (Å²) in [7, 11) is 0. The van der Waals surface area contributed by atoms with Gasteiger partial charge < -0.3 is 0 Å². The molecule has 0 fully saturated rings. The van der Waals surface area contributed by atoms with Crippen LogP contribution in [0.4, 0.5) is 0 Å². The number of hydrogen-bond acceptors (Lipinski definition) is 0. The van der Waals surface area contributed by atoms with Crippen molar-refractivity contribution in [2.45, 2.75) is 97.3 Å². The molecule has 0 aromatic heterocycles. The second-order valence-corrected chi connectivity index (χ2v) is 5.90. The van der Waals surface area contributed by atoms with Crippen molar-refractivity contribution in [1.29, 1.82) is 0 Å². The standard InChI is InChI=1S/C20H34/c1-4-6-8-10-12-13-15-17-19-20(3)18-16-14-11-9-7-5-2/h2,20H,4,6-16,18H2,1,3H3. The maximum absolute atomic E-state index is 5.24. The van der Waals surface area contributed by atoms with Gasteiger partial charge >= 0.3 is 0 Å². The molecule has 0 aromatic rings. The lowest BCUT2D eigenvalue weighted by atomic mass is 10.0. The molecule has 0 rings (SSSR count). The van der Waals surface area contributed by atoms with E-state index in [-0.39, 0.29) is 0 Å². The number of unbranched alkanes of at least 4 members (excludes halogenated alkanes) is 10. The Labute approximate surface area is 128 Å². The molecule has 0 heterocycles. The molecule has 0 N–H and O–H groups in total. The minimum atomic E-state index is 0.572. The molecule has 0 bridgehead atoms. The molecule has 0 spiro atoms. The Bertz CT molecular complexity index is 283. The molecule has 0 nitrogen and oxygen atoms in total. The third kappa shape index (κ3) is 15.2. The highest BCUT2D eigenvalue weighted by Crippen LogP contribution is 2.11. The lowest BCUT2D eigenvalue weighted by Gasteiger charge is -2.03. The SMILES string of the molecule is C#CCCCCCCC(C)C#CCCCCCCCC. The topological polar surface area (TPSA) is 0 Å². The molecule has 0 saturated heterocycles. The minimum absolute atomic E-state index is 0.572. The highest BCUT2D eigenvalue weighted by Gasteiger charge is 1.97. The summed E-state index contributed by atoms with van der Waals surface area (Å²) in [5.74, 6) is 10.0. The van der Waals surface area contributed by atoms with E-state index in [0.29, 0.717) is 5.92 Å². The van der Waals surface area contributed by atoms with Gasteiger partial charge in [-0.05, 0) is 19.3 Å². The highest BCUT2D eigenvalue weighted by atomic mass is 14.0. The maximum Gasteiger partial charge on any atom is 0.0174 e. The lowest BCUT2D eigenvalue weighted by Crippen LogP contribution is -1.90. The third-order valence-corrected chi connectivity index (χ3v) is 3.71. The van der Waals surface area contributed by atoms with Crippen LogP contribution >= 0.6 is 0 Å². The quantitative estimate of drug-likeness (QED) is 0.287. The van der Waals surface area contributed by atoms with Gasteiger partial charge in [-0.1, -0.05) is 65.2 Å². The zero-order valence-corrected chi connectivity index (χ0v) is 13.8. The Hall–Kier alpha value is -0.880. The van der Waals surface area contributed by atoms with Crippen molar-refractivity contribution in [3.63, 3.8) is 0 Å². The fourth-order valence-electron chi connectivity index (χ4n) is 2.34. The van der Waals surface area contributed by atoms with Crippen LogP contribution in [-0.2, 0) is 0 Å². The van der Waals surface area contributed by atoms with Gasteiger partial charge in [0.05, 0.1) is 0 Å². The summed E-state index contributed by atoms with van der Waals surface area (Å²) in [4.78, 5) is 0. The largest absolute Gasteiger partial charge is 0.120 e. The van der Waals surface area contributed by atoms with Crippen molar-refractivity contribution in [1.82, 2.24) is 0 Å². The molecule has 0 heteroatoms. The molecule has 1 unspecified atom stereocenters. The first kappa shape index (κ1) is 19.1. The van der Waals surface area contributed by atoms with Gasteiger partial charge in [-0.25, -0.2) is 0 Å². The summed E-state index contributed by atoms with van der Waals surface area (Å²) in [6.07, 6.45) is 21.8. The van der Waals surface area contributed by atoms with Gasteiger partial charge in [-0.15, -0.1) is 24.2 Å². The van der Waals surface area contributed by atoms with E-state index in [1.165, 1.54) is 70.6 Å². The van der Waals surface area contributed by atoms with E-state index in [2.05, 4.69) is 31.6 Å². The summed E-state index contributed by atoms with van der Waals surface area (Å²) < 4.78 is 0. The van der Waals surface area contributed by atoms with Crippen molar-refractivity contribution >= 4 is 0 Å². The average molecular weight is 274 g/mol. The number of hydrogen-bond donors (Lipinski definition) is 0. The molecule has 20 heavy (non-hydrogen) atoms. The van der Waals surface area contributed by atoms with Gasteiger partial charge in [0.25, 0.3) is 0 Å². The lowest BCUT2D eigenvalue weighted by molar-refractivity contribution is 0.565. The molecule has 0 aliphatic carbocycles. The van der Waals surface area contributed by atoms with Crippen LogP contribution in [0.1, 0.15) is 97.3 Å². The summed E-state index contributed by atoms with van der Waals surface area (Å²) in [5.41, 5.74) is 0. The van der Waals surface area contributed by atoms with Crippen LogP contribution in [0.5, 0.6) is 0 Å². The summed E-state index contributed by atoms with van der Waals surface area (Å²) in [6.45, 7) is 4.53. The predicted molar refractivity (Wildman–Crippen MR) is 91.5 cm³/mol. The van der Waals surface area contributed by atoms with Gasteiger partial charge in [-0.2, -0.15) is 0 Å². The van der Waals surface area contributed by atoms with Gasteiger partial charge in [0.1, 0.15) is 0 Å². The molecular weight excluding hydrogens is 240 g/mol. The molecule has 0 radical (unpaired) electrons. The van der Waals surface area contributed by atoms with Crippen molar-refractivity contribution in [2.75, 3.05) is 0 Å². The van der Waals surface area contributed by atoms with Crippen molar-refractivity contribution in [3.05, 3.63) is 0 Å². The Kier molecular flexibility index (Phi) is 15.5. The van der Waals surface area contributed by atoms with Gasteiger partial charge in [-0.3, -0.25) is 0 Å². The van der Waals surface area contributed by atoms with E-state index >= 15 is 0 Å². The first-order chi connectivity index (χ1) is 9.81. The van der Waals surface area contributed by atoms with Gasteiger partial charge in [0.15, 0.2) is 0 Å². The van der Waals surface area contributed by atoms with Crippen molar-refractivity contribution in [2.24, 2.45) is 5.92 Å². The first-order valence-corrected chi connectivity index (χ1v) is 8.73. The molecule has 114 valence electrons. The van der Waals surface area contributed by atoms with Gasteiger partial charge in [0, 0.05) is 18.8 Å². The third-order valence-electron chi connectivity index (χ3n) is 3.71. The Morgan fingerprint density at radius 3 is 2.10 bits per heavy atom. The normalized spacial score (nSPS) is 11.4. The fraction of sp³-hybridized carbons (Fsp3) is 0.800. The zero-order valence-electron chi connectivity index (χ0n) is 13.8. The van der Waals surface area contributed by atoms with E-state index in [1.54, 1.807) is 0 Å². The first-order valence-electron chi connectivity index (χ1n) is 8.73. The molecule has 0 amide bonds. The second-order valence-electron chi connectivity index (χ2n) is 5.90. The number of rotatable bonds is 12. The van der Waals surface area contributed by atoms with E-state index in [9.17, 15) is 0 Å². The van der Waals surface area contributed by atoms with Crippen molar-refractivity contribution in [3.8, 4) is 24.2 Å². The fourth-order valence-corrected chi connectivity index (χ4v) is 2.34. The Balaban J connectivity index is 3.32. The molecule has 0 aromatic carbocycles. The summed E-state index contributed by atoms with van der Waals surface area (Å²) >= 11 is 0. The maximum atomic E-state index is 5.24. The van der Waals surface area contributed by atoms with E-state index < -0.39 is 0 Å². The van der Waals surface area contributed by atoms with E-state index in [4.69, 9.17) is 6.42 Å². The van der Waals surface area contributed by atoms with E-state index in [1.807, 2.05) is 0 Å². The zero-order chi connectivity index (χ0) is 14.9. The van der Waals surface area contributed by atoms with Crippen LogP contribution in [0.2, 0.25) is 0 Å². The monoisotopic (exact) mass is 274 g/mol. The molecular formula is C20H34. The number of terminal acetylenes is 1. The molecule has 0 saturated carbocycles. The van der Waals surface area contributed by atoms with Gasteiger partial charge in [0.2, 0.25) is 0 Å². The van der Waals surface area contributed by atoms with E-state index in [0.717, 1.165) is 12.8 Å². The smallest absolute Gasteiger partial charge is 0.0174 e. The molecule has 1 atom stereocenters. The average Bonchev–Trinajstić information content (AvgIpc) is 2.45. The van der Waals surface area contributed by atoms with Crippen LogP contribution in [-0.4, -0.2) is 0 Å². The Morgan fingerprint density at radius 2 is 1.40 bits per heavy atom. The summed E-state index contributed by atoms with van der Waals surface area (Å²) in [5, 5.41) is 0.